The molecule has 0 aliphatic carbocycles. The summed E-state index contributed by atoms with van der Waals surface area (Å²) in [5, 5.41) is 0. The van der Waals surface area contributed by atoms with Crippen LogP contribution in [0.25, 0.3) is 0 Å². The van der Waals surface area contributed by atoms with Gasteiger partial charge in [0.1, 0.15) is 23.6 Å². The first-order valence-electron chi connectivity index (χ1n) is 11.9. The van der Waals surface area contributed by atoms with E-state index in [0.717, 1.165) is 18.1 Å². The molecule has 202 valence electrons. The van der Waals surface area contributed by atoms with E-state index in [-0.39, 0.29) is 42.5 Å². The molecule has 37 heavy (non-hydrogen) atoms. The molecule has 2 aliphatic heterocycles. The molecule has 1 aromatic carbocycles. The topological polar surface area (TPSA) is 95.9 Å². The first kappa shape index (κ1) is 27.0. The Bertz CT molecular complexity index is 1270. The fraction of sp³-hybridized carbons (Fsp3) is 0.542. The molecule has 0 N–H and O–H groups in total. The highest BCUT2D eigenvalue weighted by Gasteiger charge is 2.45. The Hall–Kier alpha value is -3.09. The van der Waals surface area contributed by atoms with E-state index < -0.39 is 33.9 Å². The highest BCUT2D eigenvalue weighted by atomic mass is 32.2. The molecule has 0 radical (unpaired) electrons. The van der Waals surface area contributed by atoms with E-state index in [2.05, 4.69) is 9.97 Å². The molecule has 1 amide bonds. The molecule has 0 unspecified atom stereocenters. The summed E-state index contributed by atoms with van der Waals surface area (Å²) in [5.74, 6) is 0.00530. The zero-order chi connectivity index (χ0) is 27.2. The SMILES string of the molecule is CC(C)(C)OC(=O)N1CCC(N(c2cc(N3CCc4cc(S(C)(=O)=O)ccc43)ncn2)C(F)(F)F)CC1. The number of anilines is 3. The Morgan fingerprint density at radius 2 is 1.76 bits per heavy atom. The minimum Gasteiger partial charge on any atom is -0.444 e. The van der Waals surface area contributed by atoms with Crippen LogP contribution in [0.2, 0.25) is 0 Å². The summed E-state index contributed by atoms with van der Waals surface area (Å²) in [7, 11) is -3.38. The molecule has 9 nitrogen and oxygen atoms in total. The van der Waals surface area contributed by atoms with E-state index in [9.17, 15) is 26.4 Å². The van der Waals surface area contributed by atoms with Gasteiger partial charge in [0.05, 0.1) is 4.90 Å². The van der Waals surface area contributed by atoms with E-state index in [1.54, 1.807) is 37.8 Å². The van der Waals surface area contributed by atoms with Crippen LogP contribution in [0.4, 0.5) is 35.3 Å². The number of ether oxygens (including phenoxy) is 1. The Morgan fingerprint density at radius 3 is 2.35 bits per heavy atom. The largest absolute Gasteiger partial charge is 0.486 e. The van der Waals surface area contributed by atoms with Crippen LogP contribution in [0.5, 0.6) is 0 Å². The van der Waals surface area contributed by atoms with Gasteiger partial charge in [-0.15, -0.1) is 0 Å². The van der Waals surface area contributed by atoms with Gasteiger partial charge in [-0.1, -0.05) is 0 Å². The lowest BCUT2D eigenvalue weighted by molar-refractivity contribution is -0.137. The lowest BCUT2D eigenvalue weighted by Gasteiger charge is -2.40. The Morgan fingerprint density at radius 1 is 1.08 bits per heavy atom. The number of carbonyl (C=O) groups is 1. The number of hydrogen-bond acceptors (Lipinski definition) is 8. The molecular weight excluding hydrogens is 511 g/mol. The molecule has 0 spiro atoms. The molecule has 2 aromatic rings. The predicted molar refractivity (Wildman–Crippen MR) is 132 cm³/mol. The second-order valence-corrected chi connectivity index (χ2v) is 12.3. The van der Waals surface area contributed by atoms with Gasteiger partial charge >= 0.3 is 12.4 Å². The third-order valence-electron chi connectivity index (χ3n) is 6.29. The molecule has 2 aliphatic rings. The van der Waals surface area contributed by atoms with Crippen molar-refractivity contribution in [3.05, 3.63) is 36.2 Å². The van der Waals surface area contributed by atoms with Crippen LogP contribution in [0.15, 0.2) is 35.5 Å². The van der Waals surface area contributed by atoms with Gasteiger partial charge in [-0.05, 0) is 63.8 Å². The fourth-order valence-electron chi connectivity index (χ4n) is 4.62. The van der Waals surface area contributed by atoms with Crippen molar-refractivity contribution in [3.8, 4) is 0 Å². The monoisotopic (exact) mass is 541 g/mol. The number of fused-ring (bicyclic) bond motifs is 1. The Balaban J connectivity index is 1.55. The first-order valence-corrected chi connectivity index (χ1v) is 13.8. The second kappa shape index (κ2) is 9.66. The zero-order valence-corrected chi connectivity index (χ0v) is 21.9. The van der Waals surface area contributed by atoms with Gasteiger partial charge in [-0.3, -0.25) is 4.90 Å². The quantitative estimate of drug-likeness (QED) is 0.529. The summed E-state index contributed by atoms with van der Waals surface area (Å²) in [6.07, 6.45) is -2.29. The average Bonchev–Trinajstić information content (AvgIpc) is 3.21. The standard InChI is InChI=1S/C24H30F3N5O4S/c1-23(2,3)36-22(33)30-10-8-17(9-11-30)32(24(25,26)27)21-14-20(28-15-29-21)31-12-7-16-13-18(37(4,34)35)5-6-19(16)31/h5-6,13-15,17H,7-12H2,1-4H3. The van der Waals surface area contributed by atoms with Gasteiger partial charge in [-0.25, -0.2) is 23.2 Å². The van der Waals surface area contributed by atoms with Crippen molar-refractivity contribution in [3.63, 3.8) is 0 Å². The summed E-state index contributed by atoms with van der Waals surface area (Å²) in [6, 6.07) is 5.11. The minimum atomic E-state index is -4.70. The third-order valence-corrected chi connectivity index (χ3v) is 7.40. The molecular formula is C24H30F3N5O4S. The summed E-state index contributed by atoms with van der Waals surface area (Å²) in [4.78, 5) is 24.2. The number of hydrogen-bond donors (Lipinski definition) is 0. The number of rotatable bonds is 4. The van der Waals surface area contributed by atoms with Crippen LogP contribution >= 0.6 is 0 Å². The number of alkyl halides is 3. The van der Waals surface area contributed by atoms with E-state index in [1.165, 1.54) is 17.0 Å². The van der Waals surface area contributed by atoms with Gasteiger partial charge in [0.15, 0.2) is 9.84 Å². The smallest absolute Gasteiger partial charge is 0.444 e. The highest BCUT2D eigenvalue weighted by molar-refractivity contribution is 7.90. The van der Waals surface area contributed by atoms with Crippen LogP contribution in [0, 0.1) is 0 Å². The number of benzene rings is 1. The van der Waals surface area contributed by atoms with Crippen LogP contribution in [-0.2, 0) is 21.0 Å². The van der Waals surface area contributed by atoms with E-state index >= 15 is 0 Å². The van der Waals surface area contributed by atoms with Crippen molar-refractivity contribution in [1.29, 1.82) is 0 Å². The van der Waals surface area contributed by atoms with Gasteiger partial charge in [0.25, 0.3) is 0 Å². The summed E-state index contributed by atoms with van der Waals surface area (Å²) < 4.78 is 71.9. The zero-order valence-electron chi connectivity index (χ0n) is 21.1. The van der Waals surface area contributed by atoms with Gasteiger partial charge in [0, 0.05) is 43.7 Å². The van der Waals surface area contributed by atoms with Crippen molar-refractivity contribution in [2.24, 2.45) is 0 Å². The average molecular weight is 542 g/mol. The first-order chi connectivity index (χ1) is 17.1. The Kier molecular flexibility index (Phi) is 7.04. The van der Waals surface area contributed by atoms with Crippen LogP contribution in [-0.4, -0.2) is 73.2 Å². The summed E-state index contributed by atoms with van der Waals surface area (Å²) >= 11 is 0. The Labute approximate surface area is 214 Å². The molecule has 13 heteroatoms. The van der Waals surface area contributed by atoms with Crippen LogP contribution in [0.1, 0.15) is 39.2 Å². The van der Waals surface area contributed by atoms with E-state index in [1.807, 2.05) is 0 Å². The molecule has 0 atom stereocenters. The van der Waals surface area contributed by atoms with Crippen molar-refractivity contribution >= 4 is 33.3 Å². The number of piperidine rings is 1. The predicted octanol–water partition coefficient (Wildman–Crippen LogP) is 4.30. The van der Waals surface area contributed by atoms with Crippen molar-refractivity contribution < 1.29 is 31.1 Å². The lowest BCUT2D eigenvalue weighted by Crippen LogP contribution is -2.52. The fourth-order valence-corrected chi connectivity index (χ4v) is 5.29. The second-order valence-electron chi connectivity index (χ2n) is 10.2. The van der Waals surface area contributed by atoms with Crippen LogP contribution in [0.3, 0.4) is 0 Å². The maximum absolute atomic E-state index is 14.3. The number of halogens is 3. The number of carbonyl (C=O) groups excluding carboxylic acids is 1. The number of sulfone groups is 1. The molecule has 1 saturated heterocycles. The normalized spacial score (nSPS) is 17.1. The summed E-state index contributed by atoms with van der Waals surface area (Å²) in [5.41, 5.74) is 0.788. The van der Waals surface area contributed by atoms with Gasteiger partial charge in [0.2, 0.25) is 0 Å². The number of amides is 1. The maximum atomic E-state index is 14.3. The molecule has 3 heterocycles. The number of aromatic nitrogens is 2. The molecule has 4 rings (SSSR count). The molecule has 0 saturated carbocycles. The van der Waals surface area contributed by atoms with Crippen molar-refractivity contribution in [2.75, 3.05) is 35.7 Å². The molecule has 1 aromatic heterocycles. The maximum Gasteiger partial charge on any atom is 0.486 e. The van der Waals surface area contributed by atoms with E-state index in [4.69, 9.17) is 4.74 Å². The highest BCUT2D eigenvalue weighted by Crippen LogP contribution is 2.38. The number of nitrogens with zero attached hydrogens (tertiary/aromatic N) is 5. The molecule has 0 bridgehead atoms. The van der Waals surface area contributed by atoms with Crippen molar-refractivity contribution in [1.82, 2.24) is 14.9 Å². The van der Waals surface area contributed by atoms with Gasteiger partial charge in [-0.2, -0.15) is 13.2 Å². The minimum absolute atomic E-state index is 0.0961. The van der Waals surface area contributed by atoms with Crippen LogP contribution < -0.4 is 9.80 Å². The summed E-state index contributed by atoms with van der Waals surface area (Å²) in [6.45, 7) is 5.91. The van der Waals surface area contributed by atoms with Crippen molar-refractivity contribution in [2.45, 2.75) is 62.9 Å². The molecule has 1 fully saturated rings. The van der Waals surface area contributed by atoms with E-state index in [0.29, 0.717) is 23.6 Å². The third kappa shape index (κ3) is 6.08. The number of likely N-dealkylation sites (tertiary alicyclic amines) is 1. The van der Waals surface area contributed by atoms with Gasteiger partial charge < -0.3 is 14.5 Å². The lowest BCUT2D eigenvalue weighted by atomic mass is 10.0.